The zero-order valence-electron chi connectivity index (χ0n) is 9.26. The van der Waals surface area contributed by atoms with Crippen molar-refractivity contribution in [3.05, 3.63) is 36.2 Å². The topological polar surface area (TPSA) is 64.9 Å². The van der Waals surface area contributed by atoms with E-state index in [2.05, 4.69) is 10.1 Å². The largest absolute Gasteiger partial charge is 0.339 e. The second kappa shape index (κ2) is 4.90. The molecule has 0 aliphatic rings. The molecule has 1 aromatic carbocycles. The van der Waals surface area contributed by atoms with E-state index in [9.17, 15) is 0 Å². The highest BCUT2D eigenvalue weighted by molar-refractivity contribution is 5.53. The van der Waals surface area contributed by atoms with Crippen LogP contribution in [0.15, 0.2) is 34.9 Å². The van der Waals surface area contributed by atoms with Crippen molar-refractivity contribution in [2.45, 2.75) is 19.3 Å². The number of hydrogen-bond acceptors (Lipinski definition) is 4. The van der Waals surface area contributed by atoms with Gasteiger partial charge in [-0.1, -0.05) is 42.4 Å². The summed E-state index contributed by atoms with van der Waals surface area (Å²) >= 11 is 0. The van der Waals surface area contributed by atoms with Crippen LogP contribution in [-0.4, -0.2) is 16.7 Å². The van der Waals surface area contributed by atoms with Crippen LogP contribution in [0, 0.1) is 0 Å². The minimum absolute atomic E-state index is 0.218. The maximum Gasteiger partial charge on any atom is 0.229 e. The molecule has 0 bridgehead atoms. The summed E-state index contributed by atoms with van der Waals surface area (Å²) in [6.07, 6.45) is 0.858. The van der Waals surface area contributed by atoms with Crippen LogP contribution in [0.2, 0.25) is 0 Å². The Morgan fingerprint density at radius 3 is 2.75 bits per heavy atom. The lowest BCUT2D eigenvalue weighted by Gasteiger charge is -2.01. The van der Waals surface area contributed by atoms with Crippen LogP contribution in [0.5, 0.6) is 0 Å². The third-order valence-electron chi connectivity index (χ3n) is 2.49. The van der Waals surface area contributed by atoms with Gasteiger partial charge in [0.1, 0.15) is 0 Å². The number of nitrogens with zero attached hydrogens (tertiary/aromatic N) is 2. The third kappa shape index (κ3) is 2.28. The average molecular weight is 217 g/mol. The summed E-state index contributed by atoms with van der Waals surface area (Å²) in [5.74, 6) is 1.51. The first-order chi connectivity index (χ1) is 7.81. The van der Waals surface area contributed by atoms with Crippen molar-refractivity contribution in [1.29, 1.82) is 0 Å². The maximum absolute atomic E-state index is 5.49. The Bertz CT molecular complexity index is 439. The van der Waals surface area contributed by atoms with Gasteiger partial charge in [-0.15, -0.1) is 0 Å². The van der Waals surface area contributed by atoms with Gasteiger partial charge in [-0.2, -0.15) is 4.98 Å². The van der Waals surface area contributed by atoms with Crippen LogP contribution < -0.4 is 5.73 Å². The Labute approximate surface area is 94.5 Å². The molecule has 4 heteroatoms. The Hall–Kier alpha value is -1.68. The third-order valence-corrected chi connectivity index (χ3v) is 2.49. The van der Waals surface area contributed by atoms with E-state index in [0.717, 1.165) is 12.0 Å². The molecule has 1 atom stereocenters. The summed E-state index contributed by atoms with van der Waals surface area (Å²) in [5, 5.41) is 3.96. The number of aromatic nitrogens is 2. The second-order valence-corrected chi connectivity index (χ2v) is 3.80. The van der Waals surface area contributed by atoms with Gasteiger partial charge in [-0.05, 0) is 13.0 Å². The van der Waals surface area contributed by atoms with Crippen LogP contribution in [0.1, 0.15) is 25.2 Å². The van der Waals surface area contributed by atoms with E-state index in [1.165, 1.54) is 0 Å². The lowest BCUT2D eigenvalue weighted by Crippen LogP contribution is -2.04. The molecule has 0 aliphatic carbocycles. The molecule has 1 unspecified atom stereocenters. The van der Waals surface area contributed by atoms with E-state index in [4.69, 9.17) is 10.3 Å². The van der Waals surface area contributed by atoms with Gasteiger partial charge in [0.2, 0.25) is 11.7 Å². The first-order valence-electron chi connectivity index (χ1n) is 5.40. The summed E-state index contributed by atoms with van der Waals surface area (Å²) in [5.41, 5.74) is 6.46. The van der Waals surface area contributed by atoms with E-state index in [1.807, 2.05) is 37.3 Å². The van der Waals surface area contributed by atoms with Gasteiger partial charge >= 0.3 is 0 Å². The van der Waals surface area contributed by atoms with Gasteiger partial charge in [0, 0.05) is 11.5 Å². The Morgan fingerprint density at radius 1 is 1.31 bits per heavy atom. The maximum atomic E-state index is 5.49. The molecule has 2 N–H and O–H groups in total. The first kappa shape index (κ1) is 10.8. The molecule has 1 aromatic heterocycles. The highest BCUT2D eigenvalue weighted by Crippen LogP contribution is 2.20. The first-order valence-corrected chi connectivity index (χ1v) is 5.40. The molecule has 0 saturated heterocycles. The van der Waals surface area contributed by atoms with Crippen molar-refractivity contribution >= 4 is 0 Å². The summed E-state index contributed by atoms with van der Waals surface area (Å²) < 4.78 is 5.22. The van der Waals surface area contributed by atoms with Gasteiger partial charge in [0.25, 0.3) is 0 Å². The minimum Gasteiger partial charge on any atom is -0.339 e. The predicted molar refractivity (Wildman–Crippen MR) is 61.8 cm³/mol. The van der Waals surface area contributed by atoms with Gasteiger partial charge in [-0.3, -0.25) is 0 Å². The molecular weight excluding hydrogens is 202 g/mol. The molecule has 0 saturated carbocycles. The summed E-state index contributed by atoms with van der Waals surface area (Å²) in [6, 6.07) is 9.79. The molecule has 16 heavy (non-hydrogen) atoms. The van der Waals surface area contributed by atoms with Crippen molar-refractivity contribution in [3.63, 3.8) is 0 Å². The molecule has 0 radical (unpaired) electrons. The second-order valence-electron chi connectivity index (χ2n) is 3.80. The molecule has 84 valence electrons. The molecule has 0 fully saturated rings. The van der Waals surface area contributed by atoms with Gasteiger partial charge in [-0.25, -0.2) is 0 Å². The Balaban J connectivity index is 2.20. The molecule has 0 aliphatic heterocycles. The van der Waals surface area contributed by atoms with Crippen LogP contribution >= 0.6 is 0 Å². The van der Waals surface area contributed by atoms with Crippen molar-refractivity contribution in [2.75, 3.05) is 6.54 Å². The van der Waals surface area contributed by atoms with E-state index in [-0.39, 0.29) is 5.92 Å². The van der Waals surface area contributed by atoms with Crippen molar-refractivity contribution < 1.29 is 4.52 Å². The van der Waals surface area contributed by atoms with Crippen molar-refractivity contribution in [2.24, 2.45) is 5.73 Å². The SMILES string of the molecule is CC(CCN)c1nc(-c2ccccc2)no1. The number of hydrogen-bond donors (Lipinski definition) is 1. The van der Waals surface area contributed by atoms with Crippen molar-refractivity contribution in [1.82, 2.24) is 10.1 Å². The Morgan fingerprint density at radius 2 is 2.06 bits per heavy atom. The number of benzene rings is 1. The molecule has 1 heterocycles. The van der Waals surface area contributed by atoms with E-state index >= 15 is 0 Å². The fraction of sp³-hybridized carbons (Fsp3) is 0.333. The lowest BCUT2D eigenvalue weighted by molar-refractivity contribution is 0.355. The normalized spacial score (nSPS) is 12.6. The fourth-order valence-corrected chi connectivity index (χ4v) is 1.51. The predicted octanol–water partition coefficient (Wildman–Crippen LogP) is 2.19. The molecule has 2 aromatic rings. The van der Waals surface area contributed by atoms with Gasteiger partial charge in [0.05, 0.1) is 0 Å². The monoisotopic (exact) mass is 217 g/mol. The highest BCUT2D eigenvalue weighted by Gasteiger charge is 2.14. The Kier molecular flexibility index (Phi) is 3.31. The molecule has 4 nitrogen and oxygen atoms in total. The smallest absolute Gasteiger partial charge is 0.229 e. The molecule has 0 spiro atoms. The van der Waals surface area contributed by atoms with Gasteiger partial charge in [0.15, 0.2) is 0 Å². The van der Waals surface area contributed by atoms with E-state index in [0.29, 0.717) is 18.3 Å². The van der Waals surface area contributed by atoms with Crippen molar-refractivity contribution in [3.8, 4) is 11.4 Å². The summed E-state index contributed by atoms with van der Waals surface area (Å²) in [7, 11) is 0. The van der Waals surface area contributed by atoms with E-state index in [1.54, 1.807) is 0 Å². The standard InChI is InChI=1S/C12H15N3O/c1-9(7-8-13)12-14-11(15-16-12)10-5-3-2-4-6-10/h2-6,9H,7-8,13H2,1H3. The fourth-order valence-electron chi connectivity index (χ4n) is 1.51. The molecular formula is C12H15N3O. The van der Waals surface area contributed by atoms with Crippen LogP contribution in [0.3, 0.4) is 0 Å². The summed E-state index contributed by atoms with van der Waals surface area (Å²) in [6.45, 7) is 2.67. The molecule has 0 amide bonds. The number of nitrogens with two attached hydrogens (primary N) is 1. The van der Waals surface area contributed by atoms with E-state index < -0.39 is 0 Å². The van der Waals surface area contributed by atoms with Crippen LogP contribution in [-0.2, 0) is 0 Å². The average Bonchev–Trinajstić information content (AvgIpc) is 2.80. The quantitative estimate of drug-likeness (QED) is 0.852. The van der Waals surface area contributed by atoms with Crippen LogP contribution in [0.4, 0.5) is 0 Å². The van der Waals surface area contributed by atoms with Gasteiger partial charge < -0.3 is 10.3 Å². The van der Waals surface area contributed by atoms with Crippen LogP contribution in [0.25, 0.3) is 11.4 Å². The zero-order valence-corrected chi connectivity index (χ0v) is 9.26. The number of rotatable bonds is 4. The molecule has 2 rings (SSSR count). The zero-order chi connectivity index (χ0) is 11.4. The lowest BCUT2D eigenvalue weighted by atomic mass is 10.1. The summed E-state index contributed by atoms with van der Waals surface area (Å²) in [4.78, 5) is 4.37. The highest BCUT2D eigenvalue weighted by atomic mass is 16.5. The minimum atomic E-state index is 0.218.